The zero-order valence-corrected chi connectivity index (χ0v) is 11.4. The summed E-state index contributed by atoms with van der Waals surface area (Å²) in [5.41, 5.74) is 1.53. The Morgan fingerprint density at radius 3 is 2.94 bits per heavy atom. The maximum atomic E-state index is 8.93. The van der Waals surface area contributed by atoms with Crippen LogP contribution in [-0.2, 0) is 0 Å². The molecule has 0 saturated carbocycles. The van der Waals surface area contributed by atoms with E-state index in [4.69, 9.17) is 5.26 Å². The van der Waals surface area contributed by atoms with Gasteiger partial charge in [0.15, 0.2) is 0 Å². The van der Waals surface area contributed by atoms with Crippen LogP contribution >= 0.6 is 23.3 Å². The predicted octanol–water partition coefficient (Wildman–Crippen LogP) is 3.27. The second-order valence-electron chi connectivity index (χ2n) is 3.56. The summed E-state index contributed by atoms with van der Waals surface area (Å²) in [7, 11) is 0. The molecule has 0 fully saturated rings. The maximum Gasteiger partial charge on any atom is 0.127 e. The molecule has 16 heavy (non-hydrogen) atoms. The minimum Gasteiger partial charge on any atom is -0.375 e. The van der Waals surface area contributed by atoms with Crippen molar-refractivity contribution in [2.75, 3.05) is 23.9 Å². The zero-order valence-electron chi connectivity index (χ0n) is 9.75. The van der Waals surface area contributed by atoms with Gasteiger partial charge in [-0.2, -0.15) is 21.4 Å². The number of hydrogen-bond acceptors (Lipinski definition) is 5. The molecule has 1 aromatic heterocycles. The van der Waals surface area contributed by atoms with Gasteiger partial charge in [0.25, 0.3) is 0 Å². The van der Waals surface area contributed by atoms with Crippen LogP contribution in [0, 0.1) is 18.3 Å². The van der Waals surface area contributed by atoms with Gasteiger partial charge in [0.1, 0.15) is 16.6 Å². The van der Waals surface area contributed by atoms with Crippen LogP contribution in [-0.4, -0.2) is 22.9 Å². The van der Waals surface area contributed by atoms with E-state index >= 15 is 0 Å². The smallest absolute Gasteiger partial charge is 0.127 e. The fraction of sp³-hybridized carbons (Fsp3) is 0.636. The van der Waals surface area contributed by atoms with Crippen molar-refractivity contribution in [2.45, 2.75) is 26.2 Å². The number of nitrogens with one attached hydrogen (secondary N) is 1. The first kappa shape index (κ1) is 13.3. The topological polar surface area (TPSA) is 48.7 Å². The number of rotatable bonds is 7. The Labute approximate surface area is 105 Å². The molecule has 1 aromatic rings. The minimum atomic E-state index is 0.703. The van der Waals surface area contributed by atoms with Crippen LogP contribution in [0.2, 0.25) is 0 Å². The van der Waals surface area contributed by atoms with Crippen molar-refractivity contribution >= 4 is 28.3 Å². The molecule has 0 aliphatic carbocycles. The highest BCUT2D eigenvalue weighted by atomic mass is 32.2. The number of unbranched alkanes of at least 4 members (excludes halogenated alkanes) is 2. The van der Waals surface area contributed by atoms with E-state index in [-0.39, 0.29) is 0 Å². The molecule has 3 nitrogen and oxygen atoms in total. The van der Waals surface area contributed by atoms with Gasteiger partial charge in [-0.1, -0.05) is 6.42 Å². The number of aromatic nitrogens is 1. The molecule has 0 bridgehead atoms. The van der Waals surface area contributed by atoms with Crippen molar-refractivity contribution in [1.82, 2.24) is 4.37 Å². The number of hydrogen-bond donors (Lipinski definition) is 1. The molecule has 0 atom stereocenters. The average Bonchev–Trinajstić information content (AvgIpc) is 2.64. The summed E-state index contributed by atoms with van der Waals surface area (Å²) in [6, 6.07) is 2.19. The summed E-state index contributed by atoms with van der Waals surface area (Å²) < 4.78 is 4.17. The number of thioether (sulfide) groups is 1. The van der Waals surface area contributed by atoms with Crippen LogP contribution < -0.4 is 5.32 Å². The van der Waals surface area contributed by atoms with Crippen molar-refractivity contribution in [3.63, 3.8) is 0 Å². The zero-order chi connectivity index (χ0) is 11.8. The highest BCUT2D eigenvalue weighted by Crippen LogP contribution is 2.23. The maximum absolute atomic E-state index is 8.93. The third-order valence-corrected chi connectivity index (χ3v) is 3.88. The first-order valence-electron chi connectivity index (χ1n) is 5.38. The molecule has 1 heterocycles. The molecule has 5 heteroatoms. The quantitative estimate of drug-likeness (QED) is 0.760. The lowest BCUT2D eigenvalue weighted by atomic mass is 10.2. The second kappa shape index (κ2) is 7.53. The van der Waals surface area contributed by atoms with E-state index in [2.05, 4.69) is 22.0 Å². The predicted molar refractivity (Wildman–Crippen MR) is 72.3 cm³/mol. The van der Waals surface area contributed by atoms with Crippen LogP contribution in [0.5, 0.6) is 0 Å². The molecule has 88 valence electrons. The summed E-state index contributed by atoms with van der Waals surface area (Å²) in [5, 5.41) is 13.1. The molecule has 0 spiro atoms. The van der Waals surface area contributed by atoms with Gasteiger partial charge in [0.05, 0.1) is 5.69 Å². The van der Waals surface area contributed by atoms with Gasteiger partial charge in [-0.15, -0.1) is 0 Å². The third-order valence-electron chi connectivity index (χ3n) is 2.29. The number of nitriles is 1. The van der Waals surface area contributed by atoms with Crippen molar-refractivity contribution in [3.05, 3.63) is 11.3 Å². The molecule has 0 aromatic carbocycles. The van der Waals surface area contributed by atoms with Crippen molar-refractivity contribution < 1.29 is 0 Å². The van der Waals surface area contributed by atoms with Gasteiger partial charge in [-0.05, 0) is 43.3 Å². The van der Waals surface area contributed by atoms with Crippen molar-refractivity contribution in [3.8, 4) is 6.07 Å². The van der Waals surface area contributed by atoms with E-state index in [9.17, 15) is 0 Å². The molecular formula is C11H17N3S2. The van der Waals surface area contributed by atoms with Gasteiger partial charge in [0, 0.05) is 6.54 Å². The minimum absolute atomic E-state index is 0.703. The van der Waals surface area contributed by atoms with Crippen LogP contribution in [0.25, 0.3) is 0 Å². The molecule has 1 N–H and O–H groups in total. The summed E-state index contributed by atoms with van der Waals surface area (Å²) in [6.07, 6.45) is 5.81. The van der Waals surface area contributed by atoms with E-state index in [0.717, 1.165) is 23.7 Å². The Morgan fingerprint density at radius 1 is 1.44 bits per heavy atom. The lowest BCUT2D eigenvalue weighted by Crippen LogP contribution is -2.01. The highest BCUT2D eigenvalue weighted by molar-refractivity contribution is 7.98. The van der Waals surface area contributed by atoms with Gasteiger partial charge >= 0.3 is 0 Å². The fourth-order valence-corrected chi connectivity index (χ4v) is 2.64. The monoisotopic (exact) mass is 255 g/mol. The van der Waals surface area contributed by atoms with Gasteiger partial charge in [-0.25, -0.2) is 0 Å². The largest absolute Gasteiger partial charge is 0.375 e. The second-order valence-corrected chi connectivity index (χ2v) is 5.32. The number of anilines is 1. The molecule has 0 unspecified atom stereocenters. The molecule has 0 amide bonds. The van der Waals surface area contributed by atoms with Crippen LogP contribution in [0.3, 0.4) is 0 Å². The first-order valence-corrected chi connectivity index (χ1v) is 7.55. The molecule has 0 radical (unpaired) electrons. The van der Waals surface area contributed by atoms with Crippen LogP contribution in [0.15, 0.2) is 0 Å². The van der Waals surface area contributed by atoms with Gasteiger partial charge in [0.2, 0.25) is 0 Å². The SMILES string of the molecule is CSCCCCCNc1snc(C)c1C#N. The Balaban J connectivity index is 2.25. The lowest BCUT2D eigenvalue weighted by molar-refractivity contribution is 0.750. The molecule has 1 rings (SSSR count). The van der Waals surface area contributed by atoms with Crippen LogP contribution in [0.4, 0.5) is 5.00 Å². The average molecular weight is 255 g/mol. The van der Waals surface area contributed by atoms with E-state index in [0.29, 0.717) is 5.56 Å². The first-order chi connectivity index (χ1) is 7.79. The fourth-order valence-electron chi connectivity index (χ4n) is 1.37. The molecule has 0 saturated heterocycles. The normalized spacial score (nSPS) is 10.1. The van der Waals surface area contributed by atoms with E-state index in [1.165, 1.54) is 30.1 Å². The van der Waals surface area contributed by atoms with Gasteiger partial charge in [-0.3, -0.25) is 0 Å². The number of nitrogens with zero attached hydrogens (tertiary/aromatic N) is 2. The summed E-state index contributed by atoms with van der Waals surface area (Å²) in [6.45, 7) is 2.81. The third kappa shape index (κ3) is 4.03. The lowest BCUT2D eigenvalue weighted by Gasteiger charge is -2.03. The van der Waals surface area contributed by atoms with Crippen molar-refractivity contribution in [1.29, 1.82) is 5.26 Å². The highest BCUT2D eigenvalue weighted by Gasteiger charge is 2.08. The summed E-state index contributed by atoms with van der Waals surface area (Å²) in [5.74, 6) is 1.24. The van der Waals surface area contributed by atoms with Crippen LogP contribution in [0.1, 0.15) is 30.5 Å². The Bertz CT molecular complexity index is 355. The Kier molecular flexibility index (Phi) is 6.27. The molecule has 0 aliphatic heterocycles. The molecule has 0 aliphatic rings. The van der Waals surface area contributed by atoms with Gasteiger partial charge < -0.3 is 5.32 Å². The van der Waals surface area contributed by atoms with Crippen molar-refractivity contribution in [2.24, 2.45) is 0 Å². The summed E-state index contributed by atoms with van der Waals surface area (Å²) in [4.78, 5) is 0. The standard InChI is InChI=1S/C11H17N3S2/c1-9-10(8-12)11(16-14-9)13-6-4-3-5-7-15-2/h13H,3-7H2,1-2H3. The van der Waals surface area contributed by atoms with E-state index < -0.39 is 0 Å². The van der Waals surface area contributed by atoms with E-state index in [1.54, 1.807) is 0 Å². The number of aryl methyl sites for hydroxylation is 1. The Hall–Kier alpha value is -0.730. The Morgan fingerprint density at radius 2 is 2.25 bits per heavy atom. The summed E-state index contributed by atoms with van der Waals surface area (Å²) >= 11 is 3.28. The van der Waals surface area contributed by atoms with E-state index in [1.807, 2.05) is 18.7 Å². The molecular weight excluding hydrogens is 238 g/mol.